The molecule has 0 bridgehead atoms. The van der Waals surface area contributed by atoms with Crippen LogP contribution in [0.5, 0.6) is 11.6 Å². The van der Waals surface area contributed by atoms with Gasteiger partial charge in [0.05, 0.1) is 5.56 Å². The van der Waals surface area contributed by atoms with Crippen LogP contribution in [0.3, 0.4) is 0 Å². The molecule has 1 aromatic carbocycles. The molecule has 0 spiro atoms. The molecule has 2 aromatic heterocycles. The third kappa shape index (κ3) is 3.32. The van der Waals surface area contributed by atoms with Crippen molar-refractivity contribution in [3.63, 3.8) is 0 Å². The van der Waals surface area contributed by atoms with Crippen LogP contribution in [-0.4, -0.2) is 22.4 Å². The Balaban J connectivity index is 2.00. The van der Waals surface area contributed by atoms with Gasteiger partial charge in [-0.2, -0.15) is 17.7 Å². The normalized spacial score (nSPS) is 11.6. The third-order valence-electron chi connectivity index (χ3n) is 3.77. The van der Waals surface area contributed by atoms with Crippen molar-refractivity contribution in [1.29, 1.82) is 0 Å². The van der Waals surface area contributed by atoms with Crippen LogP contribution >= 0.6 is 0 Å². The van der Waals surface area contributed by atoms with E-state index in [4.69, 9.17) is 4.74 Å². The van der Waals surface area contributed by atoms with Crippen molar-refractivity contribution in [1.82, 2.24) is 15.3 Å². The van der Waals surface area contributed by atoms with Crippen LogP contribution in [0.25, 0.3) is 11.2 Å². The highest BCUT2D eigenvalue weighted by atomic mass is 19.4. The molecule has 6 nitrogen and oxygen atoms in total. The van der Waals surface area contributed by atoms with Crippen molar-refractivity contribution in [3.05, 3.63) is 47.8 Å². The Morgan fingerprint density at radius 2 is 2.15 bits per heavy atom. The van der Waals surface area contributed by atoms with Gasteiger partial charge in [0, 0.05) is 12.7 Å². The number of aromatic nitrogens is 3. The number of ether oxygens (including phenoxy) is 1. The van der Waals surface area contributed by atoms with Gasteiger partial charge in [0.15, 0.2) is 0 Å². The number of H-pyrrole nitrogens is 1. The second kappa shape index (κ2) is 6.66. The molecule has 0 aliphatic heterocycles. The lowest BCUT2D eigenvalue weighted by atomic mass is 10.2. The summed E-state index contributed by atoms with van der Waals surface area (Å²) in [5, 5.41) is 2.69. The van der Waals surface area contributed by atoms with Crippen molar-refractivity contribution in [2.45, 2.75) is 13.1 Å². The molecule has 3 aromatic rings. The second-order valence-corrected chi connectivity index (χ2v) is 5.54. The van der Waals surface area contributed by atoms with Gasteiger partial charge in [0.1, 0.15) is 24.6 Å². The SMILES string of the molecule is CCNC(=O)c1c[nH]c2ncc(Oc3cccc(C(F)(F)F)c3)[n+](C)c12. The first kappa shape index (κ1) is 17.7. The molecular formula is C17H16F3N4O2+. The minimum atomic E-state index is -4.46. The van der Waals surface area contributed by atoms with E-state index in [1.165, 1.54) is 24.5 Å². The summed E-state index contributed by atoms with van der Waals surface area (Å²) in [7, 11) is 1.64. The smallest absolute Gasteiger partial charge is 0.404 e. The molecular weight excluding hydrogens is 349 g/mol. The molecule has 0 atom stereocenters. The average Bonchev–Trinajstić information content (AvgIpc) is 3.02. The number of rotatable bonds is 4. The van der Waals surface area contributed by atoms with E-state index in [1.54, 1.807) is 18.5 Å². The number of benzene rings is 1. The number of halogens is 3. The molecule has 1 amide bonds. The molecule has 0 saturated heterocycles. The number of fused-ring (bicyclic) bond motifs is 1. The maximum Gasteiger partial charge on any atom is 0.416 e. The number of alkyl halides is 3. The molecule has 0 unspecified atom stereocenters. The predicted molar refractivity (Wildman–Crippen MR) is 86.8 cm³/mol. The van der Waals surface area contributed by atoms with E-state index in [0.29, 0.717) is 23.3 Å². The van der Waals surface area contributed by atoms with Crippen LogP contribution in [0, 0.1) is 0 Å². The van der Waals surface area contributed by atoms with Crippen LogP contribution in [-0.2, 0) is 13.2 Å². The van der Waals surface area contributed by atoms with Gasteiger partial charge in [-0.3, -0.25) is 4.79 Å². The maximum atomic E-state index is 12.8. The Kier molecular flexibility index (Phi) is 4.54. The number of aromatic amines is 1. The van der Waals surface area contributed by atoms with Gasteiger partial charge in [0.25, 0.3) is 11.4 Å². The molecule has 9 heteroatoms. The minimum absolute atomic E-state index is 0.0201. The van der Waals surface area contributed by atoms with E-state index in [-0.39, 0.29) is 17.5 Å². The molecule has 26 heavy (non-hydrogen) atoms. The fourth-order valence-electron chi connectivity index (χ4n) is 2.54. The fraction of sp³-hybridized carbons (Fsp3) is 0.235. The van der Waals surface area contributed by atoms with Gasteiger partial charge in [-0.15, -0.1) is 0 Å². The monoisotopic (exact) mass is 365 g/mol. The summed E-state index contributed by atoms with van der Waals surface area (Å²) in [4.78, 5) is 19.2. The lowest BCUT2D eigenvalue weighted by Gasteiger charge is -2.09. The van der Waals surface area contributed by atoms with Crippen LogP contribution in [0.2, 0.25) is 0 Å². The zero-order valence-electron chi connectivity index (χ0n) is 14.0. The van der Waals surface area contributed by atoms with Crippen molar-refractivity contribution >= 4 is 17.1 Å². The highest BCUT2D eigenvalue weighted by molar-refractivity contribution is 6.03. The van der Waals surface area contributed by atoms with Crippen molar-refractivity contribution < 1.29 is 27.3 Å². The zero-order chi connectivity index (χ0) is 18.9. The summed E-state index contributed by atoms with van der Waals surface area (Å²) in [6.45, 7) is 2.26. The lowest BCUT2D eigenvalue weighted by molar-refractivity contribution is -0.650. The number of hydrogen-bond donors (Lipinski definition) is 2. The van der Waals surface area contributed by atoms with E-state index in [2.05, 4.69) is 15.3 Å². The third-order valence-corrected chi connectivity index (χ3v) is 3.77. The van der Waals surface area contributed by atoms with E-state index < -0.39 is 11.7 Å². The molecule has 136 valence electrons. The van der Waals surface area contributed by atoms with Crippen LogP contribution in [0.4, 0.5) is 13.2 Å². The van der Waals surface area contributed by atoms with E-state index in [0.717, 1.165) is 12.1 Å². The van der Waals surface area contributed by atoms with Gasteiger partial charge < -0.3 is 15.0 Å². The number of aryl methyl sites for hydroxylation is 1. The van der Waals surface area contributed by atoms with Crippen molar-refractivity contribution in [2.24, 2.45) is 7.05 Å². The van der Waals surface area contributed by atoms with Crippen molar-refractivity contribution in [3.8, 4) is 11.6 Å². The Labute approximate surface area is 146 Å². The van der Waals surface area contributed by atoms with Gasteiger partial charge in [-0.25, -0.2) is 4.98 Å². The van der Waals surface area contributed by atoms with Crippen molar-refractivity contribution in [2.75, 3.05) is 6.54 Å². The van der Waals surface area contributed by atoms with E-state index in [9.17, 15) is 18.0 Å². The molecule has 0 saturated carbocycles. The first-order valence-electron chi connectivity index (χ1n) is 7.80. The number of nitrogens with zero attached hydrogens (tertiary/aromatic N) is 2. The number of hydrogen-bond acceptors (Lipinski definition) is 3. The predicted octanol–water partition coefficient (Wildman–Crippen LogP) is 2.95. The van der Waals surface area contributed by atoms with E-state index >= 15 is 0 Å². The quantitative estimate of drug-likeness (QED) is 0.699. The standard InChI is InChI=1S/C17H15F3N4O2/c1-3-21-16(25)12-8-22-15-14(12)24(2)13(9-23-15)26-11-6-4-5-10(7-11)17(18,19)20/h4-9H,3H2,1-2H3,(H,21,25)/p+1. The number of carbonyl (C=O) groups excluding carboxylic acids is 1. The Bertz CT molecular complexity index is 966. The van der Waals surface area contributed by atoms with E-state index in [1.807, 2.05) is 0 Å². The first-order chi connectivity index (χ1) is 12.3. The first-order valence-corrected chi connectivity index (χ1v) is 7.80. The van der Waals surface area contributed by atoms with Crippen LogP contribution in [0.15, 0.2) is 36.7 Å². The number of carbonyl (C=O) groups is 1. The second-order valence-electron chi connectivity index (χ2n) is 5.54. The minimum Gasteiger partial charge on any atom is -0.404 e. The molecule has 0 aliphatic rings. The Morgan fingerprint density at radius 1 is 1.38 bits per heavy atom. The van der Waals surface area contributed by atoms with Gasteiger partial charge in [-0.05, 0) is 25.1 Å². The molecule has 0 radical (unpaired) electrons. The lowest BCUT2D eigenvalue weighted by Crippen LogP contribution is -2.34. The summed E-state index contributed by atoms with van der Waals surface area (Å²) in [5.74, 6) is -0.0685. The summed E-state index contributed by atoms with van der Waals surface area (Å²) in [5.41, 5.74) is 0.508. The molecule has 0 fully saturated rings. The number of nitrogens with one attached hydrogen (secondary N) is 2. The molecule has 3 rings (SSSR count). The highest BCUT2D eigenvalue weighted by Crippen LogP contribution is 2.32. The average molecular weight is 365 g/mol. The zero-order valence-corrected chi connectivity index (χ0v) is 14.0. The van der Waals surface area contributed by atoms with Gasteiger partial charge in [-0.1, -0.05) is 6.07 Å². The summed E-state index contributed by atoms with van der Waals surface area (Å²) in [6.07, 6.45) is -1.56. The molecule has 0 aliphatic carbocycles. The summed E-state index contributed by atoms with van der Waals surface area (Å²) < 4.78 is 45.7. The largest absolute Gasteiger partial charge is 0.416 e. The van der Waals surface area contributed by atoms with Crippen LogP contribution in [0.1, 0.15) is 22.8 Å². The van der Waals surface area contributed by atoms with Gasteiger partial charge >= 0.3 is 12.1 Å². The Morgan fingerprint density at radius 3 is 2.85 bits per heavy atom. The molecule has 2 N–H and O–H groups in total. The summed E-state index contributed by atoms with van der Waals surface area (Å²) >= 11 is 0. The molecule has 2 heterocycles. The maximum absolute atomic E-state index is 12.8. The highest BCUT2D eigenvalue weighted by Gasteiger charge is 2.31. The summed E-state index contributed by atoms with van der Waals surface area (Å²) in [6, 6.07) is 4.56. The van der Waals surface area contributed by atoms with Crippen LogP contribution < -0.4 is 14.6 Å². The number of amides is 1. The Hall–Kier alpha value is -3.10. The topological polar surface area (TPSA) is 70.9 Å². The van der Waals surface area contributed by atoms with Gasteiger partial charge in [0.2, 0.25) is 5.65 Å². The fourth-order valence-corrected chi connectivity index (χ4v) is 2.54.